The largest absolute Gasteiger partial charge is 0.316 e. The van der Waals surface area contributed by atoms with Crippen LogP contribution in [-0.4, -0.2) is 13.1 Å². The number of piperidine rings is 1. The Kier molecular flexibility index (Phi) is 3.16. The predicted octanol–water partition coefficient (Wildman–Crippen LogP) is 2.67. The fourth-order valence-electron chi connectivity index (χ4n) is 2.39. The SMILES string of the molecule is CCC1CNCC(C)(CC)C1C. The first-order chi connectivity index (χ1) is 5.64. The van der Waals surface area contributed by atoms with Crippen molar-refractivity contribution in [1.82, 2.24) is 5.32 Å². The first-order valence-electron chi connectivity index (χ1n) is 5.34. The van der Waals surface area contributed by atoms with Crippen molar-refractivity contribution in [2.24, 2.45) is 17.3 Å². The van der Waals surface area contributed by atoms with E-state index in [9.17, 15) is 0 Å². The highest BCUT2D eigenvalue weighted by Crippen LogP contribution is 2.38. The normalized spacial score (nSPS) is 43.0. The van der Waals surface area contributed by atoms with Crippen molar-refractivity contribution in [3.05, 3.63) is 0 Å². The lowest BCUT2D eigenvalue weighted by Crippen LogP contribution is -2.48. The molecule has 0 aromatic carbocycles. The van der Waals surface area contributed by atoms with Gasteiger partial charge in [-0.3, -0.25) is 0 Å². The molecule has 1 heterocycles. The van der Waals surface area contributed by atoms with Gasteiger partial charge in [-0.15, -0.1) is 0 Å². The van der Waals surface area contributed by atoms with E-state index < -0.39 is 0 Å². The fraction of sp³-hybridized carbons (Fsp3) is 1.00. The van der Waals surface area contributed by atoms with Crippen molar-refractivity contribution in [3.63, 3.8) is 0 Å². The van der Waals surface area contributed by atoms with Gasteiger partial charge in [0.1, 0.15) is 0 Å². The minimum atomic E-state index is 0.541. The molecule has 0 radical (unpaired) electrons. The average molecular weight is 169 g/mol. The Bertz CT molecular complexity index is 144. The second-order valence-corrected chi connectivity index (χ2v) is 4.60. The summed E-state index contributed by atoms with van der Waals surface area (Å²) in [6, 6.07) is 0. The zero-order valence-corrected chi connectivity index (χ0v) is 8.98. The zero-order valence-electron chi connectivity index (χ0n) is 8.98. The lowest BCUT2D eigenvalue weighted by Gasteiger charge is -2.44. The van der Waals surface area contributed by atoms with Gasteiger partial charge >= 0.3 is 0 Å². The molecule has 1 aliphatic heterocycles. The first kappa shape index (κ1) is 10.0. The van der Waals surface area contributed by atoms with Crippen LogP contribution < -0.4 is 5.32 Å². The molecule has 1 N–H and O–H groups in total. The quantitative estimate of drug-likeness (QED) is 0.670. The molecule has 0 spiro atoms. The van der Waals surface area contributed by atoms with Crippen LogP contribution in [0.1, 0.15) is 40.5 Å². The third kappa shape index (κ3) is 1.66. The van der Waals surface area contributed by atoms with Crippen molar-refractivity contribution in [2.45, 2.75) is 40.5 Å². The summed E-state index contributed by atoms with van der Waals surface area (Å²) in [4.78, 5) is 0. The summed E-state index contributed by atoms with van der Waals surface area (Å²) in [5, 5.41) is 3.56. The smallest absolute Gasteiger partial charge is 0.000784 e. The van der Waals surface area contributed by atoms with Crippen LogP contribution in [0.2, 0.25) is 0 Å². The van der Waals surface area contributed by atoms with E-state index in [4.69, 9.17) is 0 Å². The Morgan fingerprint density at radius 1 is 1.42 bits per heavy atom. The van der Waals surface area contributed by atoms with Gasteiger partial charge in [0.2, 0.25) is 0 Å². The third-order valence-electron chi connectivity index (χ3n) is 4.07. The van der Waals surface area contributed by atoms with Gasteiger partial charge in [-0.2, -0.15) is 0 Å². The van der Waals surface area contributed by atoms with Crippen LogP contribution in [0.15, 0.2) is 0 Å². The zero-order chi connectivity index (χ0) is 9.19. The number of hydrogen-bond acceptors (Lipinski definition) is 1. The minimum absolute atomic E-state index is 0.541. The summed E-state index contributed by atoms with van der Waals surface area (Å²) >= 11 is 0. The Morgan fingerprint density at radius 3 is 2.58 bits per heavy atom. The molecule has 12 heavy (non-hydrogen) atoms. The van der Waals surface area contributed by atoms with Crippen LogP contribution in [-0.2, 0) is 0 Å². The first-order valence-corrected chi connectivity index (χ1v) is 5.34. The summed E-state index contributed by atoms with van der Waals surface area (Å²) in [6.07, 6.45) is 2.63. The van der Waals surface area contributed by atoms with Gasteiger partial charge in [-0.25, -0.2) is 0 Å². The molecule has 3 atom stereocenters. The predicted molar refractivity (Wildman–Crippen MR) is 54.2 cm³/mol. The van der Waals surface area contributed by atoms with Crippen molar-refractivity contribution in [3.8, 4) is 0 Å². The van der Waals surface area contributed by atoms with E-state index in [1.165, 1.54) is 25.9 Å². The molecular formula is C11H23N. The van der Waals surface area contributed by atoms with Crippen molar-refractivity contribution in [1.29, 1.82) is 0 Å². The standard InChI is InChI=1S/C11H23N/c1-5-10-7-12-8-11(4,6-2)9(10)3/h9-10,12H,5-8H2,1-4H3. The molecule has 0 aromatic rings. The summed E-state index contributed by atoms with van der Waals surface area (Å²) in [5.41, 5.74) is 0.541. The number of rotatable bonds is 2. The maximum Gasteiger partial charge on any atom is 0.000784 e. The molecule has 0 saturated carbocycles. The van der Waals surface area contributed by atoms with Crippen LogP contribution in [0.25, 0.3) is 0 Å². The topological polar surface area (TPSA) is 12.0 Å². The van der Waals surface area contributed by atoms with Gasteiger partial charge in [0.25, 0.3) is 0 Å². The van der Waals surface area contributed by atoms with Crippen LogP contribution >= 0.6 is 0 Å². The molecule has 1 rings (SSSR count). The second kappa shape index (κ2) is 3.78. The average Bonchev–Trinajstić information content (AvgIpc) is 2.10. The Labute approximate surface area is 76.9 Å². The Balaban J connectivity index is 2.65. The van der Waals surface area contributed by atoms with E-state index in [0.29, 0.717) is 5.41 Å². The van der Waals surface area contributed by atoms with Crippen LogP contribution in [0.4, 0.5) is 0 Å². The summed E-state index contributed by atoms with van der Waals surface area (Å²) in [7, 11) is 0. The van der Waals surface area contributed by atoms with Crippen LogP contribution in [0.5, 0.6) is 0 Å². The number of nitrogens with one attached hydrogen (secondary N) is 1. The summed E-state index contributed by atoms with van der Waals surface area (Å²) in [6.45, 7) is 11.9. The maximum absolute atomic E-state index is 3.56. The van der Waals surface area contributed by atoms with Gasteiger partial charge in [0.15, 0.2) is 0 Å². The molecule has 0 amide bonds. The monoisotopic (exact) mass is 169 g/mol. The molecule has 1 aliphatic rings. The molecule has 3 unspecified atom stereocenters. The summed E-state index contributed by atoms with van der Waals surface area (Å²) in [5.74, 6) is 1.78. The number of hydrogen-bond donors (Lipinski definition) is 1. The highest BCUT2D eigenvalue weighted by molar-refractivity contribution is 4.89. The van der Waals surface area contributed by atoms with E-state index in [2.05, 4.69) is 33.0 Å². The maximum atomic E-state index is 3.56. The molecule has 1 fully saturated rings. The van der Waals surface area contributed by atoms with E-state index in [0.717, 1.165) is 11.8 Å². The lowest BCUT2D eigenvalue weighted by atomic mass is 9.67. The van der Waals surface area contributed by atoms with Crippen molar-refractivity contribution < 1.29 is 0 Å². The molecule has 1 nitrogen and oxygen atoms in total. The van der Waals surface area contributed by atoms with Crippen LogP contribution in [0, 0.1) is 17.3 Å². The molecule has 0 aliphatic carbocycles. The highest BCUT2D eigenvalue weighted by Gasteiger charge is 2.36. The van der Waals surface area contributed by atoms with Gasteiger partial charge in [0.05, 0.1) is 0 Å². The van der Waals surface area contributed by atoms with Gasteiger partial charge in [-0.1, -0.05) is 34.1 Å². The molecule has 0 aromatic heterocycles. The summed E-state index contributed by atoms with van der Waals surface area (Å²) < 4.78 is 0. The third-order valence-corrected chi connectivity index (χ3v) is 4.07. The Morgan fingerprint density at radius 2 is 2.08 bits per heavy atom. The molecule has 72 valence electrons. The lowest BCUT2D eigenvalue weighted by molar-refractivity contribution is 0.0825. The molecule has 1 saturated heterocycles. The van der Waals surface area contributed by atoms with E-state index >= 15 is 0 Å². The van der Waals surface area contributed by atoms with E-state index in [-0.39, 0.29) is 0 Å². The molecule has 0 bridgehead atoms. The van der Waals surface area contributed by atoms with Crippen molar-refractivity contribution >= 4 is 0 Å². The second-order valence-electron chi connectivity index (χ2n) is 4.60. The molecular weight excluding hydrogens is 146 g/mol. The van der Waals surface area contributed by atoms with Crippen LogP contribution in [0.3, 0.4) is 0 Å². The van der Waals surface area contributed by atoms with E-state index in [1.54, 1.807) is 0 Å². The highest BCUT2D eigenvalue weighted by atomic mass is 14.9. The fourth-order valence-corrected chi connectivity index (χ4v) is 2.39. The van der Waals surface area contributed by atoms with Gasteiger partial charge in [0, 0.05) is 6.54 Å². The Hall–Kier alpha value is -0.0400. The van der Waals surface area contributed by atoms with Crippen molar-refractivity contribution in [2.75, 3.05) is 13.1 Å². The van der Waals surface area contributed by atoms with E-state index in [1.807, 2.05) is 0 Å². The van der Waals surface area contributed by atoms with Gasteiger partial charge < -0.3 is 5.32 Å². The molecule has 1 heteroatoms. The van der Waals surface area contributed by atoms with Gasteiger partial charge in [-0.05, 0) is 30.2 Å². The minimum Gasteiger partial charge on any atom is -0.316 e.